The maximum absolute atomic E-state index is 11.3. The van der Waals surface area contributed by atoms with Crippen molar-refractivity contribution in [1.82, 2.24) is 10.6 Å². The van der Waals surface area contributed by atoms with Crippen molar-refractivity contribution in [3.8, 4) is 0 Å². The first-order valence-electron chi connectivity index (χ1n) is 7.59. The Morgan fingerprint density at radius 2 is 2.22 bits per heavy atom. The van der Waals surface area contributed by atoms with Crippen molar-refractivity contribution in [3.05, 3.63) is 29.8 Å². The van der Waals surface area contributed by atoms with Gasteiger partial charge in [-0.25, -0.2) is 8.42 Å². The minimum Gasteiger partial charge on any atom is -0.355 e. The van der Waals surface area contributed by atoms with Crippen molar-refractivity contribution < 1.29 is 8.42 Å². The third-order valence-corrected chi connectivity index (χ3v) is 5.44. The van der Waals surface area contributed by atoms with Gasteiger partial charge in [0.2, 0.25) is 10.0 Å². The lowest BCUT2D eigenvalue weighted by molar-refractivity contribution is 0.607. The lowest BCUT2D eigenvalue weighted by atomic mass is 10.2. The third kappa shape index (κ3) is 6.70. The van der Waals surface area contributed by atoms with E-state index in [4.69, 9.17) is 0 Å². The summed E-state index contributed by atoms with van der Waals surface area (Å²) in [5.41, 5.74) is 1.55. The van der Waals surface area contributed by atoms with Crippen LogP contribution in [0, 0.1) is 0 Å². The highest BCUT2D eigenvalue weighted by atomic mass is 32.2. The molecular formula is C15H24N4O2S2. The Labute approximate surface area is 142 Å². The maximum Gasteiger partial charge on any atom is 0.229 e. The molecule has 1 atom stereocenters. The average Bonchev–Trinajstić information content (AvgIpc) is 2.99. The molecule has 128 valence electrons. The summed E-state index contributed by atoms with van der Waals surface area (Å²) in [6, 6.07) is 7.32. The lowest BCUT2D eigenvalue weighted by Crippen LogP contribution is -2.39. The monoisotopic (exact) mass is 356 g/mol. The van der Waals surface area contributed by atoms with Crippen molar-refractivity contribution in [1.29, 1.82) is 0 Å². The minimum atomic E-state index is -3.26. The number of nitrogens with zero attached hydrogens (tertiary/aromatic N) is 1. The van der Waals surface area contributed by atoms with Crippen LogP contribution < -0.4 is 15.4 Å². The molecule has 1 unspecified atom stereocenters. The summed E-state index contributed by atoms with van der Waals surface area (Å²) >= 11 is 2.01. The molecular weight excluding hydrogens is 332 g/mol. The van der Waals surface area contributed by atoms with Crippen LogP contribution in [0.5, 0.6) is 0 Å². The summed E-state index contributed by atoms with van der Waals surface area (Å²) in [5, 5.41) is 7.26. The molecule has 8 heteroatoms. The molecule has 1 aliphatic rings. The van der Waals surface area contributed by atoms with Crippen LogP contribution in [0.3, 0.4) is 0 Å². The number of sulfonamides is 1. The first-order valence-corrected chi connectivity index (χ1v) is 10.5. The average molecular weight is 357 g/mol. The van der Waals surface area contributed by atoms with Crippen molar-refractivity contribution >= 4 is 33.4 Å². The number of benzene rings is 1. The van der Waals surface area contributed by atoms with Gasteiger partial charge in [0.1, 0.15) is 0 Å². The van der Waals surface area contributed by atoms with Crippen LogP contribution in [-0.4, -0.2) is 45.2 Å². The second-order valence-corrected chi connectivity index (χ2v) is 8.67. The molecule has 1 aromatic carbocycles. The number of nitrogens with one attached hydrogen (secondary N) is 3. The van der Waals surface area contributed by atoms with Gasteiger partial charge in [0.05, 0.1) is 6.26 Å². The number of anilines is 1. The fourth-order valence-corrected chi connectivity index (χ4v) is 4.14. The van der Waals surface area contributed by atoms with E-state index < -0.39 is 10.0 Å². The molecule has 23 heavy (non-hydrogen) atoms. The van der Waals surface area contributed by atoms with Crippen molar-refractivity contribution in [2.24, 2.45) is 4.99 Å². The van der Waals surface area contributed by atoms with Crippen LogP contribution in [0.2, 0.25) is 0 Å². The topological polar surface area (TPSA) is 82.6 Å². The summed E-state index contributed by atoms with van der Waals surface area (Å²) in [7, 11) is -1.51. The fourth-order valence-electron chi connectivity index (χ4n) is 2.38. The zero-order valence-corrected chi connectivity index (χ0v) is 15.1. The van der Waals surface area contributed by atoms with E-state index in [2.05, 4.69) is 20.3 Å². The van der Waals surface area contributed by atoms with Crippen molar-refractivity contribution in [2.75, 3.05) is 30.3 Å². The number of thioether (sulfide) groups is 1. The minimum absolute atomic E-state index is 0.567. The van der Waals surface area contributed by atoms with Crippen molar-refractivity contribution in [2.45, 2.75) is 24.6 Å². The molecule has 0 aliphatic carbocycles. The van der Waals surface area contributed by atoms with Crippen LogP contribution in [0.4, 0.5) is 5.69 Å². The SMILES string of the molecule is CN=C(NCc1cccc(NS(C)(=O)=O)c1)NCC1CCCS1. The lowest BCUT2D eigenvalue weighted by Gasteiger charge is -2.15. The largest absolute Gasteiger partial charge is 0.355 e. The Morgan fingerprint density at radius 1 is 1.39 bits per heavy atom. The number of hydrogen-bond donors (Lipinski definition) is 3. The van der Waals surface area contributed by atoms with E-state index in [9.17, 15) is 8.42 Å². The van der Waals surface area contributed by atoms with Gasteiger partial charge in [0.25, 0.3) is 0 Å². The molecule has 1 aliphatic heterocycles. The van der Waals surface area contributed by atoms with Crippen LogP contribution >= 0.6 is 11.8 Å². The number of hydrogen-bond acceptors (Lipinski definition) is 4. The summed E-state index contributed by atoms with van der Waals surface area (Å²) in [4.78, 5) is 4.22. The van der Waals surface area contributed by atoms with Gasteiger partial charge in [-0.3, -0.25) is 9.71 Å². The molecule has 6 nitrogen and oxygen atoms in total. The Kier molecular flexibility index (Phi) is 6.59. The first kappa shape index (κ1) is 17.9. The summed E-state index contributed by atoms with van der Waals surface area (Å²) in [6.45, 7) is 1.50. The van der Waals surface area contributed by atoms with Gasteiger partial charge in [0, 0.05) is 31.1 Å². The van der Waals surface area contributed by atoms with Gasteiger partial charge in [-0.1, -0.05) is 12.1 Å². The van der Waals surface area contributed by atoms with Gasteiger partial charge in [-0.15, -0.1) is 0 Å². The van der Waals surface area contributed by atoms with Crippen LogP contribution in [0.15, 0.2) is 29.3 Å². The molecule has 0 spiro atoms. The summed E-state index contributed by atoms with van der Waals surface area (Å²) < 4.78 is 25.0. The van der Waals surface area contributed by atoms with E-state index in [-0.39, 0.29) is 0 Å². The highest BCUT2D eigenvalue weighted by molar-refractivity contribution is 8.00. The van der Waals surface area contributed by atoms with Gasteiger partial charge in [-0.2, -0.15) is 11.8 Å². The third-order valence-electron chi connectivity index (χ3n) is 3.43. The smallest absolute Gasteiger partial charge is 0.229 e. The quantitative estimate of drug-likeness (QED) is 0.533. The molecule has 3 N–H and O–H groups in total. The van der Waals surface area contributed by atoms with Gasteiger partial charge >= 0.3 is 0 Å². The van der Waals surface area contributed by atoms with Crippen molar-refractivity contribution in [3.63, 3.8) is 0 Å². The molecule has 0 bridgehead atoms. The Bertz CT molecular complexity index is 641. The summed E-state index contributed by atoms with van der Waals surface area (Å²) in [5.74, 6) is 2.01. The fraction of sp³-hybridized carbons (Fsp3) is 0.533. The van der Waals surface area contributed by atoms with E-state index >= 15 is 0 Å². The predicted molar refractivity (Wildman–Crippen MR) is 98.6 cm³/mol. The molecule has 0 radical (unpaired) electrons. The predicted octanol–water partition coefficient (Wildman–Crippen LogP) is 1.62. The highest BCUT2D eigenvalue weighted by Crippen LogP contribution is 2.25. The van der Waals surface area contributed by atoms with Gasteiger partial charge in [0.15, 0.2) is 5.96 Å². The Hall–Kier alpha value is -1.41. The van der Waals surface area contributed by atoms with Crippen LogP contribution in [-0.2, 0) is 16.6 Å². The number of guanidine groups is 1. The van der Waals surface area contributed by atoms with Gasteiger partial charge in [-0.05, 0) is 36.3 Å². The standard InChI is InChI=1S/C15H24N4O2S2/c1-16-15(18-11-14-7-4-8-22-14)17-10-12-5-3-6-13(9-12)19-23(2,20)21/h3,5-6,9,14,19H,4,7-8,10-11H2,1-2H3,(H2,16,17,18). The van der Waals surface area contributed by atoms with E-state index in [0.29, 0.717) is 17.5 Å². The summed E-state index contributed by atoms with van der Waals surface area (Å²) in [6.07, 6.45) is 3.70. The molecule has 2 rings (SSSR count). The second kappa shape index (κ2) is 8.44. The van der Waals surface area contributed by atoms with E-state index in [0.717, 1.165) is 24.3 Å². The molecule has 0 aromatic heterocycles. The van der Waals surface area contributed by atoms with E-state index in [1.807, 2.05) is 30.0 Å². The zero-order chi connectivity index (χ0) is 16.7. The first-order chi connectivity index (χ1) is 11.0. The van der Waals surface area contributed by atoms with E-state index in [1.165, 1.54) is 18.6 Å². The molecule has 0 saturated carbocycles. The number of rotatable bonds is 6. The van der Waals surface area contributed by atoms with Crippen LogP contribution in [0.25, 0.3) is 0 Å². The zero-order valence-electron chi connectivity index (χ0n) is 13.5. The normalized spacial score (nSPS) is 18.7. The maximum atomic E-state index is 11.3. The number of aliphatic imine (C=N–C) groups is 1. The van der Waals surface area contributed by atoms with E-state index in [1.54, 1.807) is 13.1 Å². The molecule has 1 heterocycles. The highest BCUT2D eigenvalue weighted by Gasteiger charge is 2.15. The Morgan fingerprint density at radius 3 is 2.87 bits per heavy atom. The molecule has 1 aromatic rings. The molecule has 1 saturated heterocycles. The Balaban J connectivity index is 1.84. The van der Waals surface area contributed by atoms with Gasteiger partial charge < -0.3 is 10.6 Å². The molecule has 1 fully saturated rings. The van der Waals surface area contributed by atoms with Crippen LogP contribution in [0.1, 0.15) is 18.4 Å². The molecule has 0 amide bonds. The second-order valence-electron chi connectivity index (χ2n) is 5.52.